The Hall–Kier alpha value is -6.15. The number of allylic oxidation sites excluding steroid dienone is 1. The number of nitrogens with one attached hydrogen (secondary N) is 2. The normalized spacial score (nSPS) is 11.9. The number of carbonyl (C=O) groups excluding carboxylic acids is 3. The molecule has 0 aliphatic rings. The van der Waals surface area contributed by atoms with Crippen molar-refractivity contribution in [1.82, 2.24) is 10.6 Å². The van der Waals surface area contributed by atoms with E-state index in [2.05, 4.69) is 10.6 Å². The minimum atomic E-state index is -1.02. The lowest BCUT2D eigenvalue weighted by atomic mass is 9.76. The van der Waals surface area contributed by atoms with Gasteiger partial charge in [-0.05, 0) is 40.7 Å². The molecular formula is C42H40N2O6. The average molecular weight is 669 g/mol. The molecule has 0 radical (unpaired) electrons. The van der Waals surface area contributed by atoms with Crippen molar-refractivity contribution >= 4 is 18.0 Å². The third-order valence-corrected chi connectivity index (χ3v) is 8.17. The lowest BCUT2D eigenvalue weighted by molar-refractivity contribution is -0.143. The molecular weight excluding hydrogens is 628 g/mol. The number of rotatable bonds is 15. The van der Waals surface area contributed by atoms with E-state index >= 15 is 0 Å². The number of amides is 1. The molecule has 0 bridgehead atoms. The van der Waals surface area contributed by atoms with Crippen molar-refractivity contribution in [3.8, 4) is 0 Å². The minimum absolute atomic E-state index is 0.0440. The zero-order valence-electron chi connectivity index (χ0n) is 27.9. The van der Waals surface area contributed by atoms with Gasteiger partial charge in [-0.3, -0.25) is 0 Å². The Morgan fingerprint density at radius 3 is 1.48 bits per heavy atom. The van der Waals surface area contributed by atoms with Crippen molar-refractivity contribution in [2.45, 2.75) is 37.6 Å². The summed E-state index contributed by atoms with van der Waals surface area (Å²) >= 11 is 0. The Kier molecular flexibility index (Phi) is 12.6. The maximum Gasteiger partial charge on any atom is 0.408 e. The summed E-state index contributed by atoms with van der Waals surface area (Å²) in [6.45, 7) is 0.107. The summed E-state index contributed by atoms with van der Waals surface area (Å²) in [6, 6.07) is 47.3. The predicted molar refractivity (Wildman–Crippen MR) is 191 cm³/mol. The van der Waals surface area contributed by atoms with Gasteiger partial charge in [0.2, 0.25) is 0 Å². The molecule has 0 heterocycles. The molecule has 254 valence electrons. The highest BCUT2D eigenvalue weighted by atomic mass is 16.6. The molecule has 5 aromatic carbocycles. The van der Waals surface area contributed by atoms with Crippen LogP contribution in [0.25, 0.3) is 0 Å². The first-order chi connectivity index (χ1) is 24.5. The van der Waals surface area contributed by atoms with E-state index in [1.54, 1.807) is 6.08 Å². The number of carbonyl (C=O) groups is 3. The first-order valence-corrected chi connectivity index (χ1v) is 16.4. The second kappa shape index (κ2) is 17.8. The molecule has 0 saturated carbocycles. The fraction of sp³-hybridized carbons (Fsp3) is 0.167. The topological polar surface area (TPSA) is 103 Å². The molecule has 5 aromatic rings. The molecule has 5 rings (SSSR count). The van der Waals surface area contributed by atoms with Gasteiger partial charge in [-0.25, -0.2) is 14.4 Å². The monoisotopic (exact) mass is 668 g/mol. The molecule has 0 aromatic heterocycles. The Labute approximate surface area is 292 Å². The van der Waals surface area contributed by atoms with Crippen molar-refractivity contribution in [3.05, 3.63) is 191 Å². The van der Waals surface area contributed by atoms with Gasteiger partial charge >= 0.3 is 18.0 Å². The summed E-state index contributed by atoms with van der Waals surface area (Å²) in [4.78, 5) is 39.5. The van der Waals surface area contributed by atoms with Crippen LogP contribution in [0.5, 0.6) is 0 Å². The van der Waals surface area contributed by atoms with Crippen LogP contribution in [0.15, 0.2) is 163 Å². The highest BCUT2D eigenvalue weighted by Crippen LogP contribution is 2.38. The molecule has 0 saturated heterocycles. The van der Waals surface area contributed by atoms with Gasteiger partial charge in [0.1, 0.15) is 30.5 Å². The van der Waals surface area contributed by atoms with Crippen LogP contribution in [0.1, 0.15) is 40.7 Å². The van der Waals surface area contributed by atoms with Crippen LogP contribution >= 0.6 is 0 Å². The zero-order valence-corrected chi connectivity index (χ0v) is 27.9. The number of hydrogen-bond donors (Lipinski definition) is 2. The summed E-state index contributed by atoms with van der Waals surface area (Å²) in [5, 5.41) is 6.22. The van der Waals surface area contributed by atoms with E-state index in [0.29, 0.717) is 0 Å². The molecule has 0 aliphatic carbocycles. The SMILES string of the molecule is COC(=O)[C@H](CC/C=C(\NC(c1ccccc1)(c1ccccc1)c1ccccc1)C(=O)OCc1ccccc1)NC(=O)OCc1ccccc1. The van der Waals surface area contributed by atoms with Crippen LogP contribution in [0.2, 0.25) is 0 Å². The van der Waals surface area contributed by atoms with E-state index in [1.165, 1.54) is 7.11 Å². The smallest absolute Gasteiger partial charge is 0.408 e. The molecule has 8 nitrogen and oxygen atoms in total. The van der Waals surface area contributed by atoms with E-state index in [1.807, 2.05) is 152 Å². The van der Waals surface area contributed by atoms with Crippen molar-refractivity contribution in [2.75, 3.05) is 7.11 Å². The predicted octanol–water partition coefficient (Wildman–Crippen LogP) is 7.44. The molecule has 1 atom stereocenters. The minimum Gasteiger partial charge on any atom is -0.467 e. The molecule has 8 heteroatoms. The van der Waals surface area contributed by atoms with Crippen LogP contribution in [0, 0.1) is 0 Å². The fourth-order valence-electron chi connectivity index (χ4n) is 5.66. The van der Waals surface area contributed by atoms with Crippen LogP contribution in [-0.2, 0) is 42.6 Å². The summed E-state index contributed by atoms with van der Waals surface area (Å²) in [5.41, 5.74) is 3.52. The zero-order chi connectivity index (χ0) is 35.0. The van der Waals surface area contributed by atoms with Gasteiger partial charge in [0.05, 0.1) is 7.11 Å². The second-order valence-electron chi connectivity index (χ2n) is 11.5. The third kappa shape index (κ3) is 9.26. The van der Waals surface area contributed by atoms with Crippen molar-refractivity contribution < 1.29 is 28.6 Å². The number of ether oxygens (including phenoxy) is 3. The van der Waals surface area contributed by atoms with E-state index in [9.17, 15) is 14.4 Å². The number of hydrogen-bond acceptors (Lipinski definition) is 7. The number of esters is 2. The first-order valence-electron chi connectivity index (χ1n) is 16.4. The Morgan fingerprint density at radius 1 is 0.620 bits per heavy atom. The number of benzene rings is 5. The highest BCUT2D eigenvalue weighted by molar-refractivity contribution is 5.88. The van der Waals surface area contributed by atoms with Crippen LogP contribution in [-0.4, -0.2) is 31.2 Å². The highest BCUT2D eigenvalue weighted by Gasteiger charge is 2.38. The lowest BCUT2D eigenvalue weighted by Crippen LogP contribution is -2.46. The quantitative estimate of drug-likeness (QED) is 0.0517. The standard InChI is InChI=1S/C42H40N2O6/c1-48-39(45)37(43-41(47)50-31-33-20-9-3-10-21-33)28-17-29-38(40(46)49-30-32-18-7-2-8-19-32)44-42(34-22-11-4-12-23-34,35-24-13-5-14-25-35)36-26-15-6-16-27-36/h2-16,18-27,29,37,44H,17,28,30-31H2,1H3,(H,43,47)/b38-29-/t37-/m0/s1. The van der Waals surface area contributed by atoms with E-state index in [-0.39, 0.29) is 31.8 Å². The van der Waals surface area contributed by atoms with E-state index in [0.717, 1.165) is 27.8 Å². The summed E-state index contributed by atoms with van der Waals surface area (Å²) in [7, 11) is 1.25. The summed E-state index contributed by atoms with van der Waals surface area (Å²) < 4.78 is 16.2. The van der Waals surface area contributed by atoms with Crippen LogP contribution in [0.4, 0.5) is 4.79 Å². The Bertz CT molecular complexity index is 1740. The van der Waals surface area contributed by atoms with Gasteiger partial charge in [0, 0.05) is 0 Å². The first kappa shape index (κ1) is 35.2. The van der Waals surface area contributed by atoms with Crippen molar-refractivity contribution in [2.24, 2.45) is 0 Å². The molecule has 50 heavy (non-hydrogen) atoms. The summed E-state index contributed by atoms with van der Waals surface area (Å²) in [5.74, 6) is -1.21. The van der Waals surface area contributed by atoms with Gasteiger partial charge in [0.25, 0.3) is 0 Å². The Balaban J connectivity index is 1.47. The molecule has 2 N–H and O–H groups in total. The van der Waals surface area contributed by atoms with Gasteiger partial charge in [-0.2, -0.15) is 0 Å². The number of methoxy groups -OCH3 is 1. The second-order valence-corrected chi connectivity index (χ2v) is 11.5. The fourth-order valence-corrected chi connectivity index (χ4v) is 5.66. The molecule has 1 amide bonds. The Morgan fingerprint density at radius 2 is 1.04 bits per heavy atom. The van der Waals surface area contributed by atoms with E-state index in [4.69, 9.17) is 14.2 Å². The maximum atomic E-state index is 14.0. The van der Waals surface area contributed by atoms with Crippen LogP contribution in [0.3, 0.4) is 0 Å². The van der Waals surface area contributed by atoms with Crippen LogP contribution < -0.4 is 10.6 Å². The number of alkyl carbamates (subject to hydrolysis) is 1. The largest absolute Gasteiger partial charge is 0.467 e. The molecule has 0 fully saturated rings. The van der Waals surface area contributed by atoms with Gasteiger partial charge < -0.3 is 24.8 Å². The van der Waals surface area contributed by atoms with Gasteiger partial charge in [-0.15, -0.1) is 0 Å². The average Bonchev–Trinajstić information content (AvgIpc) is 3.18. The van der Waals surface area contributed by atoms with Gasteiger partial charge in [-0.1, -0.05) is 158 Å². The molecule has 0 unspecified atom stereocenters. The molecule has 0 aliphatic heterocycles. The van der Waals surface area contributed by atoms with Crippen molar-refractivity contribution in [3.63, 3.8) is 0 Å². The summed E-state index contributed by atoms with van der Waals surface area (Å²) in [6.07, 6.45) is 1.27. The third-order valence-electron chi connectivity index (χ3n) is 8.17. The maximum absolute atomic E-state index is 14.0. The lowest BCUT2D eigenvalue weighted by Gasteiger charge is -2.38. The molecule has 0 spiro atoms. The van der Waals surface area contributed by atoms with Gasteiger partial charge in [0.15, 0.2) is 0 Å². The van der Waals surface area contributed by atoms with E-state index < -0.39 is 29.6 Å². The van der Waals surface area contributed by atoms with Crippen molar-refractivity contribution in [1.29, 1.82) is 0 Å².